The Morgan fingerprint density at radius 2 is 0.846 bits per heavy atom. The van der Waals surface area contributed by atoms with Crippen molar-refractivity contribution in [1.29, 1.82) is 0 Å². The average Bonchev–Trinajstić information content (AvgIpc) is 2.94. The Morgan fingerprint density at radius 3 is 1.23 bits per heavy atom. The van der Waals surface area contributed by atoms with E-state index in [4.69, 9.17) is 0 Å². The zero-order valence-electron chi connectivity index (χ0n) is 16.6. The average molecular weight is 338 g/mol. The van der Waals surface area contributed by atoms with Crippen molar-refractivity contribution in [2.45, 2.75) is 52.4 Å². The highest BCUT2D eigenvalue weighted by Gasteiger charge is 2.45. The van der Waals surface area contributed by atoms with E-state index in [0.717, 1.165) is 0 Å². The van der Waals surface area contributed by atoms with Crippen LogP contribution in [-0.2, 0) is 10.8 Å². The van der Waals surface area contributed by atoms with Gasteiger partial charge < -0.3 is 0 Å². The first-order valence-electron chi connectivity index (χ1n) is 9.64. The highest BCUT2D eigenvalue weighted by molar-refractivity contribution is 5.91. The molecule has 0 aromatic heterocycles. The van der Waals surface area contributed by atoms with Crippen molar-refractivity contribution in [2.24, 2.45) is 0 Å². The highest BCUT2D eigenvalue weighted by Crippen LogP contribution is 2.58. The molecule has 0 spiro atoms. The van der Waals surface area contributed by atoms with E-state index in [2.05, 4.69) is 90.1 Å². The van der Waals surface area contributed by atoms with E-state index in [-0.39, 0.29) is 10.8 Å². The minimum absolute atomic E-state index is 0.0381. The lowest BCUT2D eigenvalue weighted by molar-refractivity contribution is 0.600. The Labute approximate surface area is 156 Å². The first kappa shape index (κ1) is 15.9. The van der Waals surface area contributed by atoms with E-state index in [1.54, 1.807) is 0 Å². The fourth-order valence-corrected chi connectivity index (χ4v) is 5.44. The van der Waals surface area contributed by atoms with Crippen LogP contribution >= 0.6 is 0 Å². The quantitative estimate of drug-likeness (QED) is 0.417. The first-order chi connectivity index (χ1) is 12.2. The molecule has 0 N–H and O–H groups in total. The van der Waals surface area contributed by atoms with Crippen molar-refractivity contribution in [3.05, 3.63) is 81.9 Å². The summed E-state index contributed by atoms with van der Waals surface area (Å²) in [6.45, 7) is 14.0. The summed E-state index contributed by atoms with van der Waals surface area (Å²) in [7, 11) is 0. The first-order valence-corrected chi connectivity index (χ1v) is 9.64. The summed E-state index contributed by atoms with van der Waals surface area (Å²) in [5, 5.41) is 0. The van der Waals surface area contributed by atoms with Gasteiger partial charge >= 0.3 is 0 Å². The molecule has 0 fully saturated rings. The largest absolute Gasteiger partial charge is 0.0587 e. The summed E-state index contributed by atoms with van der Waals surface area (Å²) >= 11 is 0. The standard InChI is InChI=1S/C26H26/c1-15-7-9-17-19-11-12-20-18-10-8-16(2)14-22(18)26(5,6)24(20)23(19)25(3,4)21(17)13-15/h7-14H,1-6H3. The van der Waals surface area contributed by atoms with E-state index in [1.165, 1.54) is 55.6 Å². The minimum Gasteiger partial charge on any atom is -0.0587 e. The lowest BCUT2D eigenvalue weighted by atomic mass is 9.72. The molecule has 26 heavy (non-hydrogen) atoms. The van der Waals surface area contributed by atoms with Crippen LogP contribution in [0.25, 0.3) is 22.3 Å². The highest BCUT2D eigenvalue weighted by atomic mass is 14.5. The van der Waals surface area contributed by atoms with Crippen molar-refractivity contribution in [3.63, 3.8) is 0 Å². The summed E-state index contributed by atoms with van der Waals surface area (Å²) in [5.74, 6) is 0. The zero-order chi connectivity index (χ0) is 18.4. The smallest absolute Gasteiger partial charge is 0.0162 e. The molecule has 3 aromatic carbocycles. The maximum absolute atomic E-state index is 2.40. The summed E-state index contributed by atoms with van der Waals surface area (Å²) in [6, 6.07) is 18.7. The van der Waals surface area contributed by atoms with Crippen LogP contribution < -0.4 is 0 Å². The number of benzene rings is 3. The third kappa shape index (κ3) is 1.75. The molecule has 3 aromatic rings. The molecule has 2 aliphatic carbocycles. The fraction of sp³-hybridized carbons (Fsp3) is 0.308. The van der Waals surface area contributed by atoms with Crippen molar-refractivity contribution < 1.29 is 0 Å². The maximum Gasteiger partial charge on any atom is 0.0162 e. The Balaban J connectivity index is 1.89. The summed E-state index contributed by atoms with van der Waals surface area (Å²) < 4.78 is 0. The molecule has 0 atom stereocenters. The van der Waals surface area contributed by atoms with Crippen LogP contribution in [0.5, 0.6) is 0 Å². The van der Waals surface area contributed by atoms with Gasteiger partial charge in [-0.2, -0.15) is 0 Å². The molecular formula is C26H26. The van der Waals surface area contributed by atoms with Gasteiger partial charge in [0.15, 0.2) is 0 Å². The molecule has 130 valence electrons. The second kappa shape index (κ2) is 4.68. The molecule has 0 aliphatic heterocycles. The third-order valence-electron chi connectivity index (χ3n) is 6.73. The summed E-state index contributed by atoms with van der Waals surface area (Å²) in [5.41, 5.74) is 14.5. The zero-order valence-corrected chi connectivity index (χ0v) is 16.6. The molecule has 0 saturated heterocycles. The van der Waals surface area contributed by atoms with Gasteiger partial charge in [0, 0.05) is 10.8 Å². The molecule has 2 aliphatic rings. The van der Waals surface area contributed by atoms with Crippen LogP contribution in [0.2, 0.25) is 0 Å². The number of hydrogen-bond acceptors (Lipinski definition) is 0. The topological polar surface area (TPSA) is 0 Å². The molecule has 0 amide bonds. The van der Waals surface area contributed by atoms with Crippen LogP contribution in [0.4, 0.5) is 0 Å². The van der Waals surface area contributed by atoms with E-state index in [9.17, 15) is 0 Å². The van der Waals surface area contributed by atoms with E-state index in [1.807, 2.05) is 0 Å². The van der Waals surface area contributed by atoms with Crippen molar-refractivity contribution >= 4 is 0 Å². The molecule has 0 nitrogen and oxygen atoms in total. The normalized spacial score (nSPS) is 17.5. The number of fused-ring (bicyclic) bond motifs is 7. The third-order valence-corrected chi connectivity index (χ3v) is 6.73. The fourth-order valence-electron chi connectivity index (χ4n) is 5.44. The number of rotatable bonds is 0. The Bertz CT molecular complexity index is 1000. The Kier molecular flexibility index (Phi) is 2.86. The van der Waals surface area contributed by atoms with Gasteiger partial charge in [0.1, 0.15) is 0 Å². The SMILES string of the molecule is Cc1ccc2c(c1)C(C)(C)c1c-2ccc2c1C(C)(C)c1cc(C)ccc1-2. The number of aryl methyl sites for hydroxylation is 2. The monoisotopic (exact) mass is 338 g/mol. The molecule has 0 heterocycles. The minimum atomic E-state index is 0.0381. The number of hydrogen-bond donors (Lipinski definition) is 0. The molecule has 0 radical (unpaired) electrons. The van der Waals surface area contributed by atoms with Crippen molar-refractivity contribution in [3.8, 4) is 22.3 Å². The van der Waals surface area contributed by atoms with Gasteiger partial charge in [0.2, 0.25) is 0 Å². The van der Waals surface area contributed by atoms with E-state index < -0.39 is 0 Å². The van der Waals surface area contributed by atoms with Gasteiger partial charge in [-0.05, 0) is 58.4 Å². The summed E-state index contributed by atoms with van der Waals surface area (Å²) in [4.78, 5) is 0. The lowest BCUT2D eigenvalue weighted by Gasteiger charge is -2.30. The van der Waals surface area contributed by atoms with Gasteiger partial charge in [0.05, 0.1) is 0 Å². The molecule has 0 unspecified atom stereocenters. The van der Waals surface area contributed by atoms with Crippen LogP contribution in [0.15, 0.2) is 48.5 Å². The van der Waals surface area contributed by atoms with E-state index >= 15 is 0 Å². The maximum atomic E-state index is 2.40. The van der Waals surface area contributed by atoms with Crippen LogP contribution in [0.1, 0.15) is 61.1 Å². The van der Waals surface area contributed by atoms with Gasteiger partial charge in [-0.25, -0.2) is 0 Å². The van der Waals surface area contributed by atoms with Crippen LogP contribution in [0.3, 0.4) is 0 Å². The van der Waals surface area contributed by atoms with Crippen LogP contribution in [0, 0.1) is 13.8 Å². The molecular weight excluding hydrogens is 312 g/mol. The second-order valence-electron chi connectivity index (χ2n) is 9.26. The molecule has 0 bridgehead atoms. The molecule has 5 rings (SSSR count). The van der Waals surface area contributed by atoms with Gasteiger partial charge in [-0.3, -0.25) is 0 Å². The Hall–Kier alpha value is -2.34. The van der Waals surface area contributed by atoms with Crippen molar-refractivity contribution in [2.75, 3.05) is 0 Å². The van der Waals surface area contributed by atoms with Gasteiger partial charge in [0.25, 0.3) is 0 Å². The Morgan fingerprint density at radius 1 is 0.500 bits per heavy atom. The van der Waals surface area contributed by atoms with E-state index in [0.29, 0.717) is 0 Å². The van der Waals surface area contributed by atoms with Gasteiger partial charge in [-0.1, -0.05) is 87.4 Å². The van der Waals surface area contributed by atoms with Crippen LogP contribution in [-0.4, -0.2) is 0 Å². The molecule has 0 heteroatoms. The second-order valence-corrected chi connectivity index (χ2v) is 9.26. The lowest BCUT2D eigenvalue weighted by Crippen LogP contribution is -2.24. The summed E-state index contributed by atoms with van der Waals surface area (Å²) in [6.07, 6.45) is 0. The predicted molar refractivity (Wildman–Crippen MR) is 111 cm³/mol. The van der Waals surface area contributed by atoms with Gasteiger partial charge in [-0.15, -0.1) is 0 Å². The molecule has 0 saturated carbocycles. The predicted octanol–water partition coefficient (Wildman–Crippen LogP) is 6.92. The van der Waals surface area contributed by atoms with Crippen molar-refractivity contribution in [1.82, 2.24) is 0 Å².